The second kappa shape index (κ2) is 23.8. The lowest BCUT2D eigenvalue weighted by Crippen LogP contribution is -2.71. The fourth-order valence-electron chi connectivity index (χ4n) is 29.7. The molecular weight excluding hydrogens is 1020 g/mol. The van der Waals surface area contributed by atoms with E-state index < -0.39 is 0 Å². The zero-order chi connectivity index (χ0) is 55.9. The lowest BCUT2D eigenvalue weighted by molar-refractivity contribution is -0.151. The van der Waals surface area contributed by atoms with Crippen LogP contribution in [0.4, 0.5) is 0 Å². The van der Waals surface area contributed by atoms with Gasteiger partial charge in [-0.3, -0.25) is 9.80 Å². The van der Waals surface area contributed by atoms with E-state index in [0.29, 0.717) is 10.8 Å². The van der Waals surface area contributed by atoms with Crippen LogP contribution in [0.2, 0.25) is 17.5 Å². The van der Waals surface area contributed by atoms with Crippen molar-refractivity contribution in [1.82, 2.24) is 9.80 Å². The third-order valence-electron chi connectivity index (χ3n) is 32.9. The molecule has 3 heterocycles. The van der Waals surface area contributed by atoms with Crippen LogP contribution in [0.3, 0.4) is 0 Å². The van der Waals surface area contributed by atoms with Gasteiger partial charge in [-0.2, -0.15) is 11.8 Å². The molecule has 0 amide bonds. The van der Waals surface area contributed by atoms with E-state index in [4.69, 9.17) is 0 Å². The number of nitrogens with zero attached hydrogens (tertiary/aromatic N) is 2. The maximum atomic E-state index is 3.84. The number of rotatable bonds is 7. The van der Waals surface area contributed by atoms with Gasteiger partial charge >= 0.3 is 0 Å². The molecule has 0 aromatic carbocycles. The molecule has 13 aliphatic carbocycles. The van der Waals surface area contributed by atoms with E-state index in [1.54, 1.807) is 231 Å². The van der Waals surface area contributed by atoms with Crippen LogP contribution in [0.25, 0.3) is 0 Å². The SMILES string of the molecule is CC(C)(C)C1CC2CC[C@@H]3C[C@H](C(C)(C)C)C[C@@H]4C[C@H]([C@H]5CC[C@H]6SC7CC(CN8C9CCCC[C@H]9C9CCCC[C@H]98)CC8C7B(C7CC(C9CCCCC9)CCC7N8C7C(C8CCCCC8)CCCC7C7CCCCC7)C6C5)C(C1)[C@H]2C34. The summed E-state index contributed by atoms with van der Waals surface area (Å²) in [6.45, 7) is 18.6. The lowest BCUT2D eigenvalue weighted by Gasteiger charge is -2.69. The Balaban J connectivity index is 0.788. The predicted octanol–water partition coefficient (Wildman–Crippen LogP) is 21.5. The predicted molar refractivity (Wildman–Crippen MR) is 354 cm³/mol. The second-order valence-electron chi connectivity index (χ2n) is 38.1. The molecule has 0 aromatic heterocycles. The van der Waals surface area contributed by atoms with Gasteiger partial charge in [0.2, 0.25) is 0 Å². The van der Waals surface area contributed by atoms with E-state index >= 15 is 0 Å². The molecule has 466 valence electrons. The largest absolute Gasteiger partial charge is 0.297 e. The first kappa shape index (κ1) is 58.4. The maximum Gasteiger partial charge on any atom is 0.155 e. The Kier molecular flexibility index (Phi) is 16.7. The summed E-state index contributed by atoms with van der Waals surface area (Å²) in [5.74, 6) is 22.4. The molecule has 13 saturated carbocycles. The van der Waals surface area contributed by atoms with Crippen molar-refractivity contribution in [1.29, 1.82) is 0 Å². The summed E-state index contributed by atoms with van der Waals surface area (Å²) >= 11 is 2.80. The highest BCUT2D eigenvalue weighted by molar-refractivity contribution is 8.00. The first-order chi connectivity index (χ1) is 40.4. The minimum Gasteiger partial charge on any atom is -0.297 e. The first-order valence-corrected chi connectivity index (χ1v) is 40.5. The van der Waals surface area contributed by atoms with Crippen molar-refractivity contribution in [2.45, 2.75) is 363 Å². The number of hydrogen-bond donors (Lipinski definition) is 0. The van der Waals surface area contributed by atoms with Crippen molar-refractivity contribution < 1.29 is 0 Å². The topological polar surface area (TPSA) is 6.48 Å². The zero-order valence-corrected chi connectivity index (χ0v) is 56.1. The quantitative estimate of drug-likeness (QED) is 0.235. The van der Waals surface area contributed by atoms with Gasteiger partial charge in [-0.15, -0.1) is 0 Å². The summed E-state index contributed by atoms with van der Waals surface area (Å²) < 4.78 is 0. The van der Waals surface area contributed by atoms with Gasteiger partial charge < -0.3 is 0 Å². The lowest BCUT2D eigenvalue weighted by atomic mass is 9.20. The smallest absolute Gasteiger partial charge is 0.155 e. The van der Waals surface area contributed by atoms with E-state index in [9.17, 15) is 0 Å². The highest BCUT2D eigenvalue weighted by atomic mass is 32.2. The Morgan fingerprint density at radius 3 is 1.51 bits per heavy atom. The van der Waals surface area contributed by atoms with Crippen LogP contribution < -0.4 is 0 Å². The Labute approximate surface area is 518 Å². The molecule has 0 spiro atoms. The summed E-state index contributed by atoms with van der Waals surface area (Å²) in [7, 11) is 0. The Morgan fingerprint density at radius 2 is 0.867 bits per heavy atom. The highest BCUT2D eigenvalue weighted by Crippen LogP contribution is 2.71. The summed E-state index contributed by atoms with van der Waals surface area (Å²) in [5.41, 5.74) is 0.930. The molecule has 0 N–H and O–H groups in total. The van der Waals surface area contributed by atoms with Crippen LogP contribution in [-0.4, -0.2) is 63.8 Å². The molecule has 16 fully saturated rings. The van der Waals surface area contributed by atoms with E-state index in [1.165, 1.54) is 38.6 Å². The summed E-state index contributed by atoms with van der Waals surface area (Å²) in [5, 5.41) is 1.91. The average molecular weight is 1150 g/mol. The monoisotopic (exact) mass is 1150 g/mol. The van der Waals surface area contributed by atoms with Gasteiger partial charge in [-0.25, -0.2) is 0 Å². The fraction of sp³-hybridized carbons (Fsp3) is 1.00. The van der Waals surface area contributed by atoms with E-state index in [-0.39, 0.29) is 0 Å². The molecule has 0 radical (unpaired) electrons. The molecule has 3 aliphatic heterocycles. The third kappa shape index (κ3) is 10.7. The zero-order valence-electron chi connectivity index (χ0n) is 55.3. The standard InChI is InChI=1S/C79H131BN2S/c1-78(2,3)58-41-55-33-34-56-42-59(79(4,5)6)47-65-64(44-57(43-58)74(55)75(56)65)54-36-38-72-67(46-54)80-66-45-53(50-21-10-7-11-22-50)35-37-70(66)82(77-60(51-23-12-8-13-24-51)29-20-30-61(77)52-25-14-9-15-26-52)71-39-49(40-73(83-72)76(71)80)48-81-68-31-18-16-27-62(68)63-28-17-19-32-69(63)81/h49-77H,7-48H2,1-6H3/t49?,53?,54-,55+,56?,57+,58-,59?,60?,61?,62-,63?,64+,65?,66?,67?,68?,69+,70?,71?,72+,73?,74?,75-,76?,77?/m0/s1. The number of fused-ring (bicyclic) bond motifs is 7. The summed E-state index contributed by atoms with van der Waals surface area (Å²) in [4.78, 5) is 7.24. The van der Waals surface area contributed by atoms with Gasteiger partial charge in [-0.1, -0.05) is 183 Å². The Hall–Kier alpha value is 0.335. The van der Waals surface area contributed by atoms with Crippen molar-refractivity contribution in [2.24, 2.45) is 123 Å². The van der Waals surface area contributed by atoms with E-state index in [2.05, 4.69) is 63.1 Å². The van der Waals surface area contributed by atoms with Crippen LogP contribution >= 0.6 is 11.8 Å². The van der Waals surface area contributed by atoms with Crippen LogP contribution in [-0.2, 0) is 0 Å². The molecule has 83 heavy (non-hydrogen) atoms. The third-order valence-corrected chi connectivity index (χ3v) is 34.7. The maximum absolute atomic E-state index is 3.84. The van der Waals surface area contributed by atoms with Gasteiger partial charge in [0.1, 0.15) is 0 Å². The van der Waals surface area contributed by atoms with Crippen molar-refractivity contribution in [3.05, 3.63) is 0 Å². The van der Waals surface area contributed by atoms with E-state index in [1.807, 2.05) is 0 Å². The highest BCUT2D eigenvalue weighted by Gasteiger charge is 2.67. The fourth-order valence-corrected chi connectivity index (χ4v) is 31.8. The average Bonchev–Trinajstić information content (AvgIpc) is 2.00. The van der Waals surface area contributed by atoms with Gasteiger partial charge in [0, 0.05) is 47.3 Å². The van der Waals surface area contributed by atoms with Gasteiger partial charge in [0.15, 0.2) is 6.71 Å². The minimum atomic E-state index is 0.460. The molecule has 0 aromatic rings. The van der Waals surface area contributed by atoms with E-state index in [0.717, 1.165) is 177 Å². The molecular formula is C79H131BN2S. The van der Waals surface area contributed by atoms with Gasteiger partial charge in [0.05, 0.1) is 0 Å². The minimum absolute atomic E-state index is 0.460. The normalized spacial score (nSPS) is 51.2. The van der Waals surface area contributed by atoms with Crippen LogP contribution in [0.5, 0.6) is 0 Å². The Morgan fingerprint density at radius 1 is 0.337 bits per heavy atom. The molecule has 16 rings (SSSR count). The van der Waals surface area contributed by atoms with Crippen molar-refractivity contribution in [3.63, 3.8) is 0 Å². The Bertz CT molecular complexity index is 2130. The second-order valence-corrected chi connectivity index (χ2v) is 39.6. The molecule has 0 bridgehead atoms. The molecule has 16 aliphatic rings. The van der Waals surface area contributed by atoms with Gasteiger partial charge in [0.25, 0.3) is 0 Å². The van der Waals surface area contributed by atoms with Crippen molar-refractivity contribution >= 4 is 18.5 Å². The number of thioether (sulfide) groups is 1. The number of likely N-dealkylation sites (tertiary alicyclic amines) is 1. The van der Waals surface area contributed by atoms with Crippen LogP contribution in [0.1, 0.15) is 305 Å². The summed E-state index contributed by atoms with van der Waals surface area (Å²) in [6, 6.07) is 4.58. The molecule has 2 nitrogen and oxygen atoms in total. The summed E-state index contributed by atoms with van der Waals surface area (Å²) in [6.07, 6.45) is 64.9. The molecule has 16 unspecified atom stereocenters. The molecule has 3 saturated heterocycles. The number of hydrogen-bond acceptors (Lipinski definition) is 3. The van der Waals surface area contributed by atoms with Crippen molar-refractivity contribution in [3.8, 4) is 0 Å². The van der Waals surface area contributed by atoms with Crippen LogP contribution in [0, 0.1) is 123 Å². The first-order valence-electron chi connectivity index (χ1n) is 39.6. The van der Waals surface area contributed by atoms with Crippen molar-refractivity contribution in [2.75, 3.05) is 6.54 Å². The molecule has 4 heteroatoms. The molecule has 25 atom stereocenters. The van der Waals surface area contributed by atoms with Gasteiger partial charge in [-0.05, 0) is 263 Å². The van der Waals surface area contributed by atoms with Crippen LogP contribution in [0.15, 0.2) is 0 Å².